The van der Waals surface area contributed by atoms with Gasteiger partial charge in [-0.25, -0.2) is 0 Å². The quantitative estimate of drug-likeness (QED) is 0.726. The van der Waals surface area contributed by atoms with E-state index in [1.54, 1.807) is 13.2 Å². The van der Waals surface area contributed by atoms with Crippen LogP contribution in [0, 0.1) is 0 Å². The van der Waals surface area contributed by atoms with E-state index in [1.807, 2.05) is 34.9 Å². The van der Waals surface area contributed by atoms with Gasteiger partial charge in [0, 0.05) is 50.9 Å². The number of carbonyl (C=O) groups is 2. The lowest BCUT2D eigenvalue weighted by Crippen LogP contribution is -2.47. The highest BCUT2D eigenvalue weighted by molar-refractivity contribution is 5.92. The highest BCUT2D eigenvalue weighted by Gasteiger charge is 2.17. The third kappa shape index (κ3) is 6.36. The first-order chi connectivity index (χ1) is 12.1. The van der Waals surface area contributed by atoms with Gasteiger partial charge in [-0.05, 0) is 18.7 Å². The lowest BCUT2D eigenvalue weighted by atomic mass is 10.2. The summed E-state index contributed by atoms with van der Waals surface area (Å²) in [4.78, 5) is 28.3. The summed E-state index contributed by atoms with van der Waals surface area (Å²) in [6.45, 7) is 6.81. The van der Waals surface area contributed by atoms with Gasteiger partial charge in [0.1, 0.15) is 5.75 Å². The van der Waals surface area contributed by atoms with Crippen molar-refractivity contribution in [3.63, 3.8) is 0 Å². The van der Waals surface area contributed by atoms with Gasteiger partial charge in [-0.2, -0.15) is 0 Å². The van der Waals surface area contributed by atoms with Crippen molar-refractivity contribution in [3.8, 4) is 5.75 Å². The van der Waals surface area contributed by atoms with Crippen molar-refractivity contribution in [3.05, 3.63) is 24.3 Å². The molecule has 0 bridgehead atoms. The second-order valence-corrected chi connectivity index (χ2v) is 6.03. The molecule has 0 spiro atoms. The minimum atomic E-state index is -0.0928. The number of anilines is 1. The molecule has 25 heavy (non-hydrogen) atoms. The van der Waals surface area contributed by atoms with Crippen molar-refractivity contribution in [2.75, 3.05) is 58.2 Å². The summed E-state index contributed by atoms with van der Waals surface area (Å²) in [6, 6.07) is 7.26. The molecule has 1 aromatic carbocycles. The van der Waals surface area contributed by atoms with Crippen LogP contribution in [0.15, 0.2) is 24.3 Å². The predicted octanol–water partition coefficient (Wildman–Crippen LogP) is 0.778. The number of ether oxygens (including phenoxy) is 1. The molecule has 1 aromatic rings. The summed E-state index contributed by atoms with van der Waals surface area (Å²) in [5, 5.41) is 6.11. The number of methoxy groups -OCH3 is 1. The Bertz CT molecular complexity index is 573. The van der Waals surface area contributed by atoms with E-state index >= 15 is 0 Å². The minimum absolute atomic E-state index is 0.0928. The SMILES string of the molecule is CCN(CCC(=O)N1CCNCC1)CC(=O)Nc1cccc(OC)c1. The van der Waals surface area contributed by atoms with Crippen LogP contribution in [0.3, 0.4) is 0 Å². The molecule has 1 saturated heterocycles. The maximum atomic E-state index is 12.2. The Balaban J connectivity index is 1.77. The van der Waals surface area contributed by atoms with Gasteiger partial charge < -0.3 is 20.3 Å². The molecule has 2 rings (SSSR count). The number of piperazine rings is 1. The van der Waals surface area contributed by atoms with Crippen LogP contribution >= 0.6 is 0 Å². The average Bonchev–Trinajstić information content (AvgIpc) is 2.65. The van der Waals surface area contributed by atoms with E-state index < -0.39 is 0 Å². The lowest BCUT2D eigenvalue weighted by molar-refractivity contribution is -0.132. The molecule has 2 amide bonds. The largest absolute Gasteiger partial charge is 0.497 e. The van der Waals surface area contributed by atoms with Crippen LogP contribution in [-0.4, -0.2) is 74.5 Å². The standard InChI is InChI=1S/C18H28N4O3/c1-3-21(10-7-18(24)22-11-8-19-9-12-22)14-17(23)20-15-5-4-6-16(13-15)25-2/h4-6,13,19H,3,7-12,14H2,1-2H3,(H,20,23). The zero-order valence-electron chi connectivity index (χ0n) is 15.1. The lowest BCUT2D eigenvalue weighted by Gasteiger charge is -2.28. The second kappa shape index (κ2) is 10.0. The van der Waals surface area contributed by atoms with E-state index in [4.69, 9.17) is 4.74 Å². The van der Waals surface area contributed by atoms with E-state index in [2.05, 4.69) is 10.6 Å². The molecule has 1 aliphatic rings. The summed E-state index contributed by atoms with van der Waals surface area (Å²) in [5.41, 5.74) is 0.706. The van der Waals surface area contributed by atoms with Crippen molar-refractivity contribution in [2.24, 2.45) is 0 Å². The Morgan fingerprint density at radius 3 is 2.76 bits per heavy atom. The molecule has 0 aliphatic carbocycles. The Kier molecular flexibility index (Phi) is 7.69. The Labute approximate surface area is 149 Å². The number of hydrogen-bond donors (Lipinski definition) is 2. The number of nitrogens with zero attached hydrogens (tertiary/aromatic N) is 2. The maximum absolute atomic E-state index is 12.2. The number of likely N-dealkylation sites (N-methyl/N-ethyl adjacent to an activating group) is 1. The molecule has 7 heteroatoms. The summed E-state index contributed by atoms with van der Waals surface area (Å²) < 4.78 is 5.15. The van der Waals surface area contributed by atoms with Gasteiger partial charge in [-0.1, -0.05) is 13.0 Å². The highest BCUT2D eigenvalue weighted by Crippen LogP contribution is 2.16. The van der Waals surface area contributed by atoms with E-state index in [1.165, 1.54) is 0 Å². The summed E-state index contributed by atoms with van der Waals surface area (Å²) >= 11 is 0. The molecule has 0 saturated carbocycles. The molecule has 1 heterocycles. The summed E-state index contributed by atoms with van der Waals surface area (Å²) in [5.74, 6) is 0.768. The molecule has 1 fully saturated rings. The zero-order chi connectivity index (χ0) is 18.1. The molecular weight excluding hydrogens is 320 g/mol. The minimum Gasteiger partial charge on any atom is -0.497 e. The van der Waals surface area contributed by atoms with E-state index in [9.17, 15) is 9.59 Å². The van der Waals surface area contributed by atoms with Crippen LogP contribution in [0.5, 0.6) is 5.75 Å². The van der Waals surface area contributed by atoms with Crippen LogP contribution in [0.25, 0.3) is 0 Å². The van der Waals surface area contributed by atoms with Gasteiger partial charge in [0.2, 0.25) is 11.8 Å². The third-order valence-corrected chi connectivity index (χ3v) is 4.28. The first kappa shape index (κ1) is 19.2. The molecule has 0 aromatic heterocycles. The number of hydrogen-bond acceptors (Lipinski definition) is 5. The smallest absolute Gasteiger partial charge is 0.238 e. The average molecular weight is 348 g/mol. The topological polar surface area (TPSA) is 73.9 Å². The van der Waals surface area contributed by atoms with Gasteiger partial charge in [0.15, 0.2) is 0 Å². The molecule has 0 atom stereocenters. The predicted molar refractivity (Wildman–Crippen MR) is 97.8 cm³/mol. The van der Waals surface area contributed by atoms with Crippen LogP contribution in [0.4, 0.5) is 5.69 Å². The second-order valence-electron chi connectivity index (χ2n) is 6.03. The Morgan fingerprint density at radius 1 is 1.32 bits per heavy atom. The third-order valence-electron chi connectivity index (χ3n) is 4.28. The zero-order valence-corrected chi connectivity index (χ0v) is 15.1. The highest BCUT2D eigenvalue weighted by atomic mass is 16.5. The first-order valence-corrected chi connectivity index (χ1v) is 8.77. The number of rotatable bonds is 8. The van der Waals surface area contributed by atoms with Gasteiger partial charge in [0.25, 0.3) is 0 Å². The maximum Gasteiger partial charge on any atom is 0.238 e. The fourth-order valence-electron chi connectivity index (χ4n) is 2.78. The summed E-state index contributed by atoms with van der Waals surface area (Å²) in [7, 11) is 1.59. The van der Waals surface area contributed by atoms with E-state index in [0.29, 0.717) is 24.4 Å². The van der Waals surface area contributed by atoms with Crippen molar-refractivity contribution < 1.29 is 14.3 Å². The van der Waals surface area contributed by atoms with Crippen molar-refractivity contribution in [1.29, 1.82) is 0 Å². The van der Waals surface area contributed by atoms with Gasteiger partial charge in [0.05, 0.1) is 13.7 Å². The van der Waals surface area contributed by atoms with Crippen LogP contribution < -0.4 is 15.4 Å². The molecule has 7 nitrogen and oxygen atoms in total. The number of nitrogens with one attached hydrogen (secondary N) is 2. The summed E-state index contributed by atoms with van der Waals surface area (Å²) in [6.07, 6.45) is 0.445. The first-order valence-electron chi connectivity index (χ1n) is 8.77. The van der Waals surface area contributed by atoms with E-state index in [0.717, 1.165) is 32.7 Å². The number of carbonyl (C=O) groups excluding carboxylic acids is 2. The van der Waals surface area contributed by atoms with Gasteiger partial charge >= 0.3 is 0 Å². The van der Waals surface area contributed by atoms with Gasteiger partial charge in [-0.15, -0.1) is 0 Å². The fourth-order valence-corrected chi connectivity index (χ4v) is 2.78. The monoisotopic (exact) mass is 348 g/mol. The molecule has 2 N–H and O–H groups in total. The Morgan fingerprint density at radius 2 is 2.08 bits per heavy atom. The normalized spacial score (nSPS) is 14.4. The number of benzene rings is 1. The number of amides is 2. The van der Waals surface area contributed by atoms with E-state index in [-0.39, 0.29) is 18.4 Å². The van der Waals surface area contributed by atoms with Crippen molar-refractivity contribution in [1.82, 2.24) is 15.1 Å². The molecule has 138 valence electrons. The van der Waals surface area contributed by atoms with Crippen LogP contribution in [-0.2, 0) is 9.59 Å². The molecule has 1 aliphatic heterocycles. The van der Waals surface area contributed by atoms with Crippen molar-refractivity contribution >= 4 is 17.5 Å². The van der Waals surface area contributed by atoms with Crippen molar-refractivity contribution in [2.45, 2.75) is 13.3 Å². The van der Waals surface area contributed by atoms with Crippen LogP contribution in [0.1, 0.15) is 13.3 Å². The molecular formula is C18H28N4O3. The molecule has 0 unspecified atom stereocenters. The van der Waals surface area contributed by atoms with Crippen LogP contribution in [0.2, 0.25) is 0 Å². The molecule has 0 radical (unpaired) electrons. The Hall–Kier alpha value is -2.12. The van der Waals surface area contributed by atoms with Gasteiger partial charge in [-0.3, -0.25) is 14.5 Å². The fraction of sp³-hybridized carbons (Fsp3) is 0.556.